The Morgan fingerprint density at radius 3 is 2.57 bits per heavy atom. The largest absolute Gasteiger partial charge is 0.459 e. The van der Waals surface area contributed by atoms with Crippen molar-refractivity contribution in [3.8, 4) is 5.75 Å². The number of halogens is 2. The summed E-state index contributed by atoms with van der Waals surface area (Å²) >= 11 is 0. The zero-order valence-corrected chi connectivity index (χ0v) is 13.0. The molecule has 1 aromatic heterocycles. The molecule has 0 fully saturated rings. The summed E-state index contributed by atoms with van der Waals surface area (Å²) in [6.45, 7) is 2.48. The molecule has 1 unspecified atom stereocenters. The zero-order chi connectivity index (χ0) is 16.9. The first-order valence-corrected chi connectivity index (χ1v) is 7.21. The number of rotatable bonds is 6. The normalized spacial score (nSPS) is 13.7. The molecule has 1 heterocycles. The van der Waals surface area contributed by atoms with Crippen LogP contribution in [-0.4, -0.2) is 22.9 Å². The van der Waals surface area contributed by atoms with E-state index in [0.29, 0.717) is 11.3 Å². The van der Waals surface area contributed by atoms with Crippen LogP contribution < -0.4 is 4.74 Å². The molecule has 0 spiro atoms. The second kappa shape index (κ2) is 7.33. The van der Waals surface area contributed by atoms with Gasteiger partial charge in [-0.25, -0.2) is 4.39 Å². The highest BCUT2D eigenvalue weighted by Gasteiger charge is 2.32. The molecule has 2 rings (SSSR count). The van der Waals surface area contributed by atoms with E-state index in [9.17, 15) is 13.9 Å². The molecule has 1 atom stereocenters. The van der Waals surface area contributed by atoms with Crippen LogP contribution in [0.15, 0.2) is 54.6 Å². The first-order chi connectivity index (χ1) is 10.9. The van der Waals surface area contributed by atoms with Gasteiger partial charge in [-0.15, -0.1) is 0 Å². The minimum Gasteiger partial charge on any atom is -0.459 e. The molecule has 0 aliphatic rings. The van der Waals surface area contributed by atoms with Gasteiger partial charge in [0.15, 0.2) is 0 Å². The summed E-state index contributed by atoms with van der Waals surface area (Å²) in [6.07, 6.45) is 3.65. The third-order valence-electron chi connectivity index (χ3n) is 3.40. The van der Waals surface area contributed by atoms with Crippen molar-refractivity contribution in [2.45, 2.75) is 20.0 Å². The highest BCUT2D eigenvalue weighted by Crippen LogP contribution is 2.29. The third kappa shape index (κ3) is 4.60. The van der Waals surface area contributed by atoms with E-state index in [1.165, 1.54) is 24.3 Å². The van der Waals surface area contributed by atoms with E-state index in [1.807, 2.05) is 0 Å². The molecule has 0 radical (unpaired) electrons. The summed E-state index contributed by atoms with van der Waals surface area (Å²) in [5.41, 5.74) is -0.313. The lowest BCUT2D eigenvalue weighted by Gasteiger charge is -2.29. The van der Waals surface area contributed by atoms with E-state index in [0.717, 1.165) is 0 Å². The minimum atomic E-state index is -1.17. The Hall–Kier alpha value is -2.27. The van der Waals surface area contributed by atoms with Crippen LogP contribution in [0, 0.1) is 11.2 Å². The van der Waals surface area contributed by atoms with E-state index >= 15 is 0 Å². The Balaban J connectivity index is 2.35. The summed E-state index contributed by atoms with van der Waals surface area (Å²) in [4.78, 5) is 3.99. The van der Waals surface area contributed by atoms with Crippen molar-refractivity contribution >= 4 is 6.08 Å². The molecule has 1 aromatic carbocycles. The van der Waals surface area contributed by atoms with Crippen LogP contribution in [0.4, 0.5) is 8.78 Å². The average molecular weight is 319 g/mol. The summed E-state index contributed by atoms with van der Waals surface area (Å²) in [7, 11) is 0. The highest BCUT2D eigenvalue weighted by atomic mass is 19.1. The molecule has 122 valence electrons. The van der Waals surface area contributed by atoms with Gasteiger partial charge >= 0.3 is 0 Å². The molecule has 1 N–H and O–H groups in total. The summed E-state index contributed by atoms with van der Waals surface area (Å²) in [5, 5.41) is 10.5. The van der Waals surface area contributed by atoms with E-state index < -0.39 is 18.2 Å². The van der Waals surface area contributed by atoms with Crippen LogP contribution in [0.25, 0.3) is 6.08 Å². The molecule has 0 saturated heterocycles. The average Bonchev–Trinajstić information content (AvgIpc) is 2.56. The van der Waals surface area contributed by atoms with Gasteiger partial charge < -0.3 is 9.84 Å². The Labute approximate surface area is 134 Å². The molecule has 0 amide bonds. The van der Waals surface area contributed by atoms with Crippen molar-refractivity contribution in [2.24, 2.45) is 5.41 Å². The van der Waals surface area contributed by atoms with Gasteiger partial charge in [0.05, 0.1) is 6.67 Å². The lowest BCUT2D eigenvalue weighted by atomic mass is 9.86. The topological polar surface area (TPSA) is 42.4 Å². The second-order valence-corrected chi connectivity index (χ2v) is 5.91. The van der Waals surface area contributed by atoms with Crippen molar-refractivity contribution in [2.75, 3.05) is 6.67 Å². The number of alkyl halides is 1. The smallest absolute Gasteiger partial charge is 0.134 e. The Morgan fingerprint density at radius 1 is 1.30 bits per heavy atom. The molecule has 3 nitrogen and oxygen atoms in total. The fourth-order valence-electron chi connectivity index (χ4n) is 1.89. The third-order valence-corrected chi connectivity index (χ3v) is 3.40. The maximum Gasteiger partial charge on any atom is 0.134 e. The van der Waals surface area contributed by atoms with Crippen molar-refractivity contribution < 1.29 is 18.6 Å². The van der Waals surface area contributed by atoms with Crippen molar-refractivity contribution in [3.63, 3.8) is 0 Å². The molecular weight excluding hydrogens is 300 g/mol. The number of benzene rings is 1. The Bertz CT molecular complexity index is 654. The van der Waals surface area contributed by atoms with Gasteiger partial charge in [0, 0.05) is 17.8 Å². The van der Waals surface area contributed by atoms with Crippen LogP contribution >= 0.6 is 0 Å². The molecule has 0 aliphatic heterocycles. The van der Waals surface area contributed by atoms with Crippen LogP contribution in [0.1, 0.15) is 19.4 Å². The Kier molecular flexibility index (Phi) is 5.45. The lowest BCUT2D eigenvalue weighted by molar-refractivity contribution is 0.0351. The standard InChI is InChI=1S/C18H19F2NO2/c1-18(2,12-19)17(22)16(10-13-4-3-9-21-11-13)23-15-7-5-14(20)6-8-15/h3-11,17,22H,12H2,1-2H3/b16-10+. The Morgan fingerprint density at radius 2 is 2.00 bits per heavy atom. The lowest BCUT2D eigenvalue weighted by Crippen LogP contribution is -2.34. The number of hydrogen-bond donors (Lipinski definition) is 1. The number of aromatic nitrogens is 1. The predicted molar refractivity (Wildman–Crippen MR) is 85.0 cm³/mol. The van der Waals surface area contributed by atoms with Gasteiger partial charge in [-0.2, -0.15) is 0 Å². The summed E-state index contributed by atoms with van der Waals surface area (Å²) in [5.74, 6) is 0.141. The van der Waals surface area contributed by atoms with Gasteiger partial charge in [-0.1, -0.05) is 19.9 Å². The first-order valence-electron chi connectivity index (χ1n) is 7.21. The van der Waals surface area contributed by atoms with Gasteiger partial charge in [0.2, 0.25) is 0 Å². The minimum absolute atomic E-state index is 0.173. The number of aliphatic hydroxyl groups is 1. The summed E-state index contributed by atoms with van der Waals surface area (Å²) in [6, 6.07) is 8.93. The first kappa shape index (κ1) is 17.1. The quantitative estimate of drug-likeness (QED) is 0.818. The SMILES string of the molecule is CC(C)(CF)C(O)/C(=C\c1cccnc1)Oc1ccc(F)cc1. The molecule has 23 heavy (non-hydrogen) atoms. The molecule has 5 heteroatoms. The van der Waals surface area contributed by atoms with Gasteiger partial charge in [0.25, 0.3) is 0 Å². The van der Waals surface area contributed by atoms with E-state index in [4.69, 9.17) is 4.74 Å². The van der Waals surface area contributed by atoms with E-state index in [2.05, 4.69) is 4.98 Å². The van der Waals surface area contributed by atoms with Gasteiger partial charge in [-0.05, 0) is 42.0 Å². The van der Waals surface area contributed by atoms with Crippen LogP contribution in [0.2, 0.25) is 0 Å². The number of nitrogens with zero attached hydrogens (tertiary/aromatic N) is 1. The number of aliphatic hydroxyl groups excluding tert-OH is 1. The van der Waals surface area contributed by atoms with E-state index in [-0.39, 0.29) is 11.6 Å². The van der Waals surface area contributed by atoms with Crippen molar-refractivity contribution in [3.05, 3.63) is 65.9 Å². The molecular formula is C18H19F2NO2. The zero-order valence-electron chi connectivity index (χ0n) is 13.0. The number of hydrogen-bond acceptors (Lipinski definition) is 3. The maximum absolute atomic E-state index is 13.2. The van der Waals surface area contributed by atoms with E-state index in [1.54, 1.807) is 44.4 Å². The monoisotopic (exact) mass is 319 g/mol. The number of ether oxygens (including phenoxy) is 1. The van der Waals surface area contributed by atoms with Crippen LogP contribution in [-0.2, 0) is 0 Å². The van der Waals surface area contributed by atoms with Crippen molar-refractivity contribution in [1.29, 1.82) is 0 Å². The van der Waals surface area contributed by atoms with Crippen LogP contribution in [0.5, 0.6) is 5.75 Å². The molecule has 0 aliphatic carbocycles. The molecule has 0 saturated carbocycles. The fraction of sp³-hybridized carbons (Fsp3) is 0.278. The summed E-state index contributed by atoms with van der Waals surface area (Å²) < 4.78 is 31.9. The predicted octanol–water partition coefficient (Wildman–Crippen LogP) is 4.00. The maximum atomic E-state index is 13.2. The van der Waals surface area contributed by atoms with Gasteiger partial charge in [0.1, 0.15) is 23.4 Å². The van der Waals surface area contributed by atoms with Gasteiger partial charge in [-0.3, -0.25) is 9.37 Å². The molecule has 2 aromatic rings. The van der Waals surface area contributed by atoms with Crippen LogP contribution in [0.3, 0.4) is 0 Å². The number of pyridine rings is 1. The molecule has 0 bridgehead atoms. The van der Waals surface area contributed by atoms with Crippen molar-refractivity contribution in [1.82, 2.24) is 4.98 Å². The second-order valence-electron chi connectivity index (χ2n) is 5.91. The fourth-order valence-corrected chi connectivity index (χ4v) is 1.89. The highest BCUT2D eigenvalue weighted by molar-refractivity contribution is 5.52.